The molecule has 1 atom stereocenters. The number of esters is 1. The van der Waals surface area contributed by atoms with Crippen molar-refractivity contribution in [2.45, 2.75) is 64.6 Å². The second kappa shape index (κ2) is 11.2. The zero-order valence-corrected chi connectivity index (χ0v) is 19.6. The van der Waals surface area contributed by atoms with Crippen LogP contribution < -0.4 is 10.1 Å². The van der Waals surface area contributed by atoms with E-state index in [1.807, 2.05) is 38.1 Å². The van der Waals surface area contributed by atoms with Crippen LogP contribution in [0.25, 0.3) is 0 Å². The summed E-state index contributed by atoms with van der Waals surface area (Å²) in [6.45, 7) is 9.17. The number of hydrogen-bond acceptors (Lipinski definition) is 7. The third kappa shape index (κ3) is 5.61. The van der Waals surface area contributed by atoms with E-state index in [-0.39, 0.29) is 5.97 Å². The Kier molecular flexibility index (Phi) is 8.40. The normalized spacial score (nSPS) is 15.4. The Hall–Kier alpha value is -2.48. The second-order valence-corrected chi connectivity index (χ2v) is 8.55. The number of unbranched alkanes of at least 4 members (excludes halogenated alkanes) is 1. The van der Waals surface area contributed by atoms with Gasteiger partial charge in [-0.05, 0) is 43.9 Å². The minimum atomic E-state index is -0.408. The average molecular weight is 445 g/mol. The van der Waals surface area contributed by atoms with Gasteiger partial charge in [0, 0.05) is 11.4 Å². The van der Waals surface area contributed by atoms with Crippen molar-refractivity contribution in [1.82, 2.24) is 14.8 Å². The number of thioether (sulfide) groups is 1. The van der Waals surface area contributed by atoms with Gasteiger partial charge in [-0.2, -0.15) is 4.98 Å². The molecule has 1 N–H and O–H groups in total. The lowest BCUT2D eigenvalue weighted by Crippen LogP contribution is -2.29. The fourth-order valence-electron chi connectivity index (χ4n) is 3.31. The van der Waals surface area contributed by atoms with Crippen molar-refractivity contribution in [1.29, 1.82) is 0 Å². The number of rotatable bonds is 11. The molecule has 1 aromatic heterocycles. The van der Waals surface area contributed by atoms with E-state index in [1.165, 1.54) is 0 Å². The topological polar surface area (TPSA) is 78.3 Å². The highest BCUT2D eigenvalue weighted by Gasteiger charge is 2.35. The van der Waals surface area contributed by atoms with Gasteiger partial charge in [-0.1, -0.05) is 51.1 Å². The van der Waals surface area contributed by atoms with E-state index >= 15 is 0 Å². The van der Waals surface area contributed by atoms with Crippen LogP contribution in [-0.4, -0.2) is 39.7 Å². The average Bonchev–Trinajstić information content (AvgIpc) is 3.17. The van der Waals surface area contributed by atoms with Gasteiger partial charge in [0.1, 0.15) is 11.8 Å². The molecule has 0 fully saturated rings. The van der Waals surface area contributed by atoms with Crippen molar-refractivity contribution in [3.05, 3.63) is 41.1 Å². The quantitative estimate of drug-likeness (QED) is 0.290. The van der Waals surface area contributed by atoms with E-state index in [0.717, 1.165) is 48.4 Å². The fraction of sp³-hybridized carbons (Fsp3) is 0.522. The zero-order valence-electron chi connectivity index (χ0n) is 18.8. The lowest BCUT2D eigenvalue weighted by Gasteiger charge is -2.28. The molecule has 1 unspecified atom stereocenters. The highest BCUT2D eigenvalue weighted by molar-refractivity contribution is 7.99. The van der Waals surface area contributed by atoms with Gasteiger partial charge in [0.15, 0.2) is 0 Å². The summed E-state index contributed by atoms with van der Waals surface area (Å²) in [5, 5.41) is 8.69. The Bertz CT molecular complexity index is 908. The molecule has 8 heteroatoms. The molecular weight excluding hydrogens is 412 g/mol. The SMILES string of the molecule is CCCCSc1nc2n(n1)C(c1ccc(OCCC)cc1)C(C(=O)OCCC)=C(C)N2. The van der Waals surface area contributed by atoms with E-state index < -0.39 is 6.04 Å². The maximum Gasteiger partial charge on any atom is 0.338 e. The van der Waals surface area contributed by atoms with Gasteiger partial charge < -0.3 is 14.8 Å². The van der Waals surface area contributed by atoms with Crippen molar-refractivity contribution in [3.8, 4) is 5.75 Å². The van der Waals surface area contributed by atoms with E-state index in [0.29, 0.717) is 29.9 Å². The van der Waals surface area contributed by atoms with Gasteiger partial charge >= 0.3 is 5.97 Å². The summed E-state index contributed by atoms with van der Waals surface area (Å²) in [4.78, 5) is 17.6. The number of fused-ring (bicyclic) bond motifs is 1. The molecule has 0 radical (unpaired) electrons. The van der Waals surface area contributed by atoms with Gasteiger partial charge in [-0.15, -0.1) is 5.10 Å². The molecule has 0 saturated carbocycles. The summed E-state index contributed by atoms with van der Waals surface area (Å²) < 4.78 is 13.0. The number of nitrogens with one attached hydrogen (secondary N) is 1. The number of hydrogen-bond donors (Lipinski definition) is 1. The van der Waals surface area contributed by atoms with Crippen molar-refractivity contribution < 1.29 is 14.3 Å². The fourth-order valence-corrected chi connectivity index (χ4v) is 4.22. The monoisotopic (exact) mass is 444 g/mol. The molecule has 31 heavy (non-hydrogen) atoms. The van der Waals surface area contributed by atoms with Gasteiger partial charge in [-0.25, -0.2) is 9.48 Å². The van der Waals surface area contributed by atoms with Crippen LogP contribution in [0.2, 0.25) is 0 Å². The van der Waals surface area contributed by atoms with E-state index in [9.17, 15) is 4.79 Å². The van der Waals surface area contributed by atoms with Crippen LogP contribution in [0, 0.1) is 0 Å². The van der Waals surface area contributed by atoms with Crippen LogP contribution in [-0.2, 0) is 9.53 Å². The molecule has 3 rings (SSSR count). The first-order valence-corrected chi connectivity index (χ1v) is 12.0. The molecule has 1 aliphatic rings. The highest BCUT2D eigenvalue weighted by atomic mass is 32.2. The number of nitrogens with zero attached hydrogens (tertiary/aromatic N) is 3. The molecule has 2 heterocycles. The zero-order chi connectivity index (χ0) is 22.2. The van der Waals surface area contributed by atoms with Crippen LogP contribution in [0.5, 0.6) is 5.75 Å². The maximum atomic E-state index is 13.0. The Balaban J connectivity index is 1.96. The lowest BCUT2D eigenvalue weighted by atomic mass is 9.96. The van der Waals surface area contributed by atoms with Gasteiger partial charge in [-0.3, -0.25) is 0 Å². The Morgan fingerprint density at radius 2 is 1.87 bits per heavy atom. The lowest BCUT2D eigenvalue weighted by molar-refractivity contribution is -0.139. The smallest absolute Gasteiger partial charge is 0.338 e. The predicted octanol–water partition coefficient (Wildman–Crippen LogP) is 5.20. The summed E-state index contributed by atoms with van der Waals surface area (Å²) >= 11 is 1.63. The number of aromatic nitrogens is 3. The number of allylic oxidation sites excluding steroid dienone is 1. The molecular formula is C23H32N4O3S. The summed E-state index contributed by atoms with van der Waals surface area (Å²) in [5.74, 6) is 2.08. The molecule has 0 amide bonds. The highest BCUT2D eigenvalue weighted by Crippen LogP contribution is 2.37. The van der Waals surface area contributed by atoms with E-state index in [2.05, 4.69) is 24.1 Å². The summed E-state index contributed by atoms with van der Waals surface area (Å²) in [7, 11) is 0. The minimum Gasteiger partial charge on any atom is -0.494 e. The van der Waals surface area contributed by atoms with Crippen molar-refractivity contribution in [3.63, 3.8) is 0 Å². The van der Waals surface area contributed by atoms with Crippen LogP contribution in [0.15, 0.2) is 40.7 Å². The van der Waals surface area contributed by atoms with Crippen LogP contribution >= 0.6 is 11.8 Å². The summed E-state index contributed by atoms with van der Waals surface area (Å²) in [5.41, 5.74) is 2.23. The molecule has 0 bridgehead atoms. The molecule has 0 spiro atoms. The number of carbonyl (C=O) groups is 1. The first-order valence-electron chi connectivity index (χ1n) is 11.1. The molecule has 7 nitrogen and oxygen atoms in total. The largest absolute Gasteiger partial charge is 0.494 e. The first-order chi connectivity index (χ1) is 15.1. The number of anilines is 1. The molecule has 2 aromatic rings. The third-order valence-corrected chi connectivity index (χ3v) is 5.81. The van der Waals surface area contributed by atoms with Crippen LogP contribution in [0.4, 0.5) is 5.95 Å². The number of benzene rings is 1. The van der Waals surface area contributed by atoms with Crippen molar-refractivity contribution in [2.24, 2.45) is 0 Å². The number of ether oxygens (including phenoxy) is 2. The molecule has 0 saturated heterocycles. The van der Waals surface area contributed by atoms with Crippen molar-refractivity contribution >= 4 is 23.7 Å². The molecule has 1 aromatic carbocycles. The third-order valence-electron chi connectivity index (χ3n) is 4.89. The van der Waals surface area contributed by atoms with E-state index in [4.69, 9.17) is 14.6 Å². The number of carbonyl (C=O) groups excluding carboxylic acids is 1. The maximum absolute atomic E-state index is 13.0. The standard InChI is InChI=1S/C23H32N4O3S/c1-5-8-15-31-23-25-22-24-16(4)19(21(28)30-14-7-3)20(27(22)26-23)17-9-11-18(12-10-17)29-13-6-2/h9-12,20H,5-8,13-15H2,1-4H3,(H,24,25,26). The minimum absolute atomic E-state index is 0.329. The van der Waals surface area contributed by atoms with Gasteiger partial charge in [0.2, 0.25) is 11.1 Å². The first kappa shape index (κ1) is 23.2. The Morgan fingerprint density at radius 1 is 1.13 bits per heavy atom. The van der Waals surface area contributed by atoms with Crippen LogP contribution in [0.3, 0.4) is 0 Å². The molecule has 0 aliphatic carbocycles. The summed E-state index contributed by atoms with van der Waals surface area (Å²) in [6.07, 6.45) is 3.96. The molecule has 168 valence electrons. The van der Waals surface area contributed by atoms with E-state index in [1.54, 1.807) is 16.4 Å². The van der Waals surface area contributed by atoms with Gasteiger partial charge in [0.05, 0.1) is 18.8 Å². The predicted molar refractivity (Wildman–Crippen MR) is 124 cm³/mol. The second-order valence-electron chi connectivity index (χ2n) is 7.48. The summed E-state index contributed by atoms with van der Waals surface area (Å²) in [6, 6.07) is 7.43. The Labute approximate surface area is 188 Å². The Morgan fingerprint density at radius 3 is 2.55 bits per heavy atom. The van der Waals surface area contributed by atoms with Crippen molar-refractivity contribution in [2.75, 3.05) is 24.3 Å². The van der Waals surface area contributed by atoms with Crippen LogP contribution in [0.1, 0.15) is 65.0 Å². The molecule has 1 aliphatic heterocycles. The van der Waals surface area contributed by atoms with Gasteiger partial charge in [0.25, 0.3) is 0 Å².